The number of aryl methyl sites for hydroxylation is 1. The van der Waals surface area contributed by atoms with Gasteiger partial charge in [-0.05, 0) is 54.7 Å². The van der Waals surface area contributed by atoms with Crippen molar-refractivity contribution >= 4 is 28.8 Å². The lowest BCUT2D eigenvalue weighted by molar-refractivity contribution is -0.120. The second-order valence-corrected chi connectivity index (χ2v) is 9.41. The van der Waals surface area contributed by atoms with Crippen molar-refractivity contribution < 1.29 is 14.3 Å². The number of hydrogen-bond acceptors (Lipinski definition) is 4. The van der Waals surface area contributed by atoms with Gasteiger partial charge in [-0.2, -0.15) is 0 Å². The first-order chi connectivity index (χ1) is 16.2. The SMILES string of the molecule is CCOc1ccccc1NC1=C(c2ccc(C)cc2)C(=O)N(c2ccc(C(C)(C)C)cc2)C1=O. The van der Waals surface area contributed by atoms with E-state index >= 15 is 0 Å². The van der Waals surface area contributed by atoms with Gasteiger partial charge >= 0.3 is 0 Å². The Bertz CT molecular complexity index is 1250. The molecule has 4 rings (SSSR count). The third-order valence-electron chi connectivity index (χ3n) is 5.86. The van der Waals surface area contributed by atoms with E-state index in [2.05, 4.69) is 26.1 Å². The van der Waals surface area contributed by atoms with E-state index in [1.54, 1.807) is 0 Å². The second-order valence-electron chi connectivity index (χ2n) is 9.41. The quantitative estimate of drug-likeness (QED) is 0.458. The number of nitrogens with zero attached hydrogens (tertiary/aromatic N) is 1. The van der Waals surface area contributed by atoms with Gasteiger partial charge < -0.3 is 10.1 Å². The summed E-state index contributed by atoms with van der Waals surface area (Å²) in [5, 5.41) is 3.22. The highest BCUT2D eigenvalue weighted by Gasteiger charge is 2.40. The molecule has 1 N–H and O–H groups in total. The molecule has 1 heterocycles. The molecule has 0 atom stereocenters. The van der Waals surface area contributed by atoms with Crippen LogP contribution in [-0.2, 0) is 15.0 Å². The van der Waals surface area contributed by atoms with Crippen molar-refractivity contribution in [1.82, 2.24) is 0 Å². The topological polar surface area (TPSA) is 58.6 Å². The second kappa shape index (κ2) is 9.18. The predicted molar refractivity (Wildman–Crippen MR) is 137 cm³/mol. The molecule has 3 aromatic carbocycles. The summed E-state index contributed by atoms with van der Waals surface area (Å²) in [4.78, 5) is 28.6. The Kier molecular flexibility index (Phi) is 6.29. The minimum Gasteiger partial charge on any atom is -0.492 e. The van der Waals surface area contributed by atoms with Gasteiger partial charge in [-0.25, -0.2) is 4.90 Å². The number of rotatable bonds is 6. The molecule has 1 aliphatic rings. The lowest BCUT2D eigenvalue weighted by Gasteiger charge is -2.21. The van der Waals surface area contributed by atoms with E-state index in [1.807, 2.05) is 86.6 Å². The molecule has 0 spiro atoms. The number of nitrogens with one attached hydrogen (secondary N) is 1. The van der Waals surface area contributed by atoms with Crippen molar-refractivity contribution in [2.45, 2.75) is 40.0 Å². The minimum absolute atomic E-state index is 0.0292. The monoisotopic (exact) mass is 454 g/mol. The molecule has 1 aliphatic heterocycles. The highest BCUT2D eigenvalue weighted by molar-refractivity contribution is 6.46. The van der Waals surface area contributed by atoms with Gasteiger partial charge in [0.25, 0.3) is 11.8 Å². The van der Waals surface area contributed by atoms with Crippen LogP contribution in [0, 0.1) is 6.92 Å². The molecule has 3 aromatic rings. The Morgan fingerprint density at radius 2 is 1.50 bits per heavy atom. The van der Waals surface area contributed by atoms with Crippen LogP contribution in [0.15, 0.2) is 78.5 Å². The molecule has 0 saturated heterocycles. The first-order valence-electron chi connectivity index (χ1n) is 11.5. The van der Waals surface area contributed by atoms with Crippen molar-refractivity contribution in [3.05, 3.63) is 95.2 Å². The van der Waals surface area contributed by atoms with Crippen molar-refractivity contribution in [3.63, 3.8) is 0 Å². The summed E-state index contributed by atoms with van der Waals surface area (Å²) in [6.07, 6.45) is 0. The van der Waals surface area contributed by atoms with Gasteiger partial charge in [0, 0.05) is 0 Å². The Morgan fingerprint density at radius 3 is 2.12 bits per heavy atom. The molecule has 0 fully saturated rings. The molecular weight excluding hydrogens is 424 g/mol. The van der Waals surface area contributed by atoms with Crippen molar-refractivity contribution in [2.75, 3.05) is 16.8 Å². The summed E-state index contributed by atoms with van der Waals surface area (Å²) in [5.41, 5.74) is 4.63. The Morgan fingerprint density at radius 1 is 0.853 bits per heavy atom. The number of ether oxygens (including phenoxy) is 1. The van der Waals surface area contributed by atoms with E-state index in [0.717, 1.165) is 11.1 Å². The maximum Gasteiger partial charge on any atom is 0.282 e. The number of para-hydroxylation sites is 2. The summed E-state index contributed by atoms with van der Waals surface area (Å²) >= 11 is 0. The van der Waals surface area contributed by atoms with Crippen LogP contribution < -0.4 is 15.0 Å². The van der Waals surface area contributed by atoms with E-state index in [9.17, 15) is 9.59 Å². The van der Waals surface area contributed by atoms with Crippen molar-refractivity contribution in [2.24, 2.45) is 0 Å². The average Bonchev–Trinajstić information content (AvgIpc) is 3.05. The summed E-state index contributed by atoms with van der Waals surface area (Å²) in [5.74, 6) is -0.127. The highest BCUT2D eigenvalue weighted by atomic mass is 16.5. The largest absolute Gasteiger partial charge is 0.492 e. The van der Waals surface area contributed by atoms with Gasteiger partial charge in [0.2, 0.25) is 0 Å². The standard InChI is InChI=1S/C29H30N2O3/c1-6-34-24-10-8-7-9-23(24)30-26-25(20-13-11-19(2)12-14-20)27(32)31(28(26)33)22-17-15-21(16-18-22)29(3,4)5/h7-18,30H,6H2,1-5H3. The van der Waals surface area contributed by atoms with E-state index < -0.39 is 5.91 Å². The molecule has 2 amide bonds. The predicted octanol–water partition coefficient (Wildman–Crippen LogP) is 6.09. The number of benzene rings is 3. The van der Waals surface area contributed by atoms with Gasteiger partial charge in [0.05, 0.1) is 23.6 Å². The van der Waals surface area contributed by atoms with Gasteiger partial charge in [-0.3, -0.25) is 9.59 Å². The average molecular weight is 455 g/mol. The Labute approximate surface area is 201 Å². The molecule has 0 bridgehead atoms. The van der Waals surface area contributed by atoms with Crippen molar-refractivity contribution in [3.8, 4) is 5.75 Å². The maximum atomic E-state index is 13.7. The van der Waals surface area contributed by atoms with E-state index in [4.69, 9.17) is 4.74 Å². The molecule has 5 heteroatoms. The van der Waals surface area contributed by atoms with Crippen LogP contribution in [0.25, 0.3) is 5.57 Å². The zero-order valence-electron chi connectivity index (χ0n) is 20.3. The zero-order valence-corrected chi connectivity index (χ0v) is 20.3. The van der Waals surface area contributed by atoms with Crippen LogP contribution >= 0.6 is 0 Å². The molecule has 174 valence electrons. The lowest BCUT2D eigenvalue weighted by Crippen LogP contribution is -2.32. The molecule has 0 aliphatic carbocycles. The minimum atomic E-state index is -0.393. The van der Waals surface area contributed by atoms with Crippen molar-refractivity contribution in [1.29, 1.82) is 0 Å². The van der Waals surface area contributed by atoms with Gasteiger partial charge in [-0.1, -0.05) is 74.9 Å². The van der Waals surface area contributed by atoms with Gasteiger partial charge in [0.1, 0.15) is 11.4 Å². The summed E-state index contributed by atoms with van der Waals surface area (Å²) < 4.78 is 5.73. The molecule has 0 radical (unpaired) electrons. The van der Waals surface area contributed by atoms with Crippen LogP contribution in [0.2, 0.25) is 0 Å². The van der Waals surface area contributed by atoms with Gasteiger partial charge in [-0.15, -0.1) is 0 Å². The zero-order chi connectivity index (χ0) is 24.5. The molecule has 0 saturated carbocycles. The molecular formula is C29H30N2O3. The molecule has 0 unspecified atom stereocenters. The number of amides is 2. The van der Waals surface area contributed by atoms with E-state index in [-0.39, 0.29) is 17.0 Å². The fraction of sp³-hybridized carbons (Fsp3) is 0.241. The van der Waals surface area contributed by atoms with Crippen LogP contribution in [0.1, 0.15) is 44.4 Å². The fourth-order valence-electron chi connectivity index (χ4n) is 3.96. The normalized spacial score (nSPS) is 14.1. The first kappa shape index (κ1) is 23.3. The highest BCUT2D eigenvalue weighted by Crippen LogP contribution is 2.36. The maximum absolute atomic E-state index is 13.7. The van der Waals surface area contributed by atoms with E-state index in [1.165, 1.54) is 4.90 Å². The molecule has 0 aromatic heterocycles. The van der Waals surface area contributed by atoms with Crippen LogP contribution in [-0.4, -0.2) is 18.4 Å². The summed E-state index contributed by atoms with van der Waals surface area (Å²) in [6, 6.07) is 22.6. The Hall–Kier alpha value is -3.86. The smallest absolute Gasteiger partial charge is 0.282 e. The lowest BCUT2D eigenvalue weighted by atomic mass is 9.87. The fourth-order valence-corrected chi connectivity index (χ4v) is 3.96. The van der Waals surface area contributed by atoms with Crippen LogP contribution in [0.4, 0.5) is 11.4 Å². The number of hydrogen-bond donors (Lipinski definition) is 1. The molecule has 5 nitrogen and oxygen atoms in total. The first-order valence-corrected chi connectivity index (χ1v) is 11.5. The van der Waals surface area contributed by atoms with E-state index in [0.29, 0.717) is 34.9 Å². The summed E-state index contributed by atoms with van der Waals surface area (Å²) in [7, 11) is 0. The number of carbonyl (C=O) groups excluding carboxylic acids is 2. The summed E-state index contributed by atoms with van der Waals surface area (Å²) in [6.45, 7) is 10.8. The van der Waals surface area contributed by atoms with Crippen LogP contribution in [0.3, 0.4) is 0 Å². The molecule has 34 heavy (non-hydrogen) atoms. The number of anilines is 2. The van der Waals surface area contributed by atoms with Crippen LogP contribution in [0.5, 0.6) is 5.75 Å². The number of carbonyl (C=O) groups is 2. The van der Waals surface area contributed by atoms with Gasteiger partial charge in [0.15, 0.2) is 0 Å². The third kappa shape index (κ3) is 4.46. The third-order valence-corrected chi connectivity index (χ3v) is 5.86. The number of imide groups is 1. The Balaban J connectivity index is 1.79.